The lowest BCUT2D eigenvalue weighted by atomic mass is 10.1. The number of hydrogen-bond donors (Lipinski definition) is 2. The molecule has 1 aromatic rings. The summed E-state index contributed by atoms with van der Waals surface area (Å²) >= 11 is 0. The molecule has 0 bridgehead atoms. The quantitative estimate of drug-likeness (QED) is 0.568. The number of aliphatic hydroxyl groups excluding tert-OH is 1. The molecule has 0 aliphatic heterocycles. The maximum absolute atomic E-state index is 12.9. The van der Waals surface area contributed by atoms with Crippen LogP contribution in [0.4, 0.5) is 32.0 Å². The normalized spacial score (nSPS) is 12.2. The van der Waals surface area contributed by atoms with E-state index < -0.39 is 34.9 Å². The number of phenols is 1. The number of anilines is 1. The standard InChI is InChI=1S/C14H16F6N2O3/c1-21(2-3-22(8-24)4-5-23)11-7-9(13(15,16)17)6-10(12(11)25)14(18,19)20/h6-8,23,25H,2-5H2,1H3. The van der Waals surface area contributed by atoms with Gasteiger partial charge in [0.2, 0.25) is 6.41 Å². The zero-order valence-corrected chi connectivity index (χ0v) is 13.0. The molecule has 25 heavy (non-hydrogen) atoms. The second kappa shape index (κ2) is 7.81. The first kappa shape index (κ1) is 20.9. The highest BCUT2D eigenvalue weighted by atomic mass is 19.4. The van der Waals surface area contributed by atoms with Crippen LogP contribution in [0.5, 0.6) is 5.75 Å². The number of halogens is 6. The summed E-state index contributed by atoms with van der Waals surface area (Å²) < 4.78 is 77.3. The summed E-state index contributed by atoms with van der Waals surface area (Å²) in [4.78, 5) is 12.8. The van der Waals surface area contributed by atoms with Gasteiger partial charge in [-0.05, 0) is 12.1 Å². The second-order valence-electron chi connectivity index (χ2n) is 5.17. The van der Waals surface area contributed by atoms with Gasteiger partial charge in [-0.25, -0.2) is 0 Å². The molecule has 0 radical (unpaired) electrons. The van der Waals surface area contributed by atoms with Crippen molar-refractivity contribution < 1.29 is 41.4 Å². The van der Waals surface area contributed by atoms with Crippen molar-refractivity contribution in [1.29, 1.82) is 0 Å². The van der Waals surface area contributed by atoms with Gasteiger partial charge in [0.1, 0.15) is 0 Å². The molecule has 0 aromatic heterocycles. The summed E-state index contributed by atoms with van der Waals surface area (Å²) in [5, 5.41) is 18.5. The van der Waals surface area contributed by atoms with Gasteiger partial charge in [0, 0.05) is 26.7 Å². The SMILES string of the molecule is CN(CCN(C=O)CCO)c1cc(C(F)(F)F)cc(C(F)(F)F)c1O. The first-order valence-electron chi connectivity index (χ1n) is 6.94. The summed E-state index contributed by atoms with van der Waals surface area (Å²) in [5.41, 5.74) is -4.02. The highest BCUT2D eigenvalue weighted by Gasteiger charge is 2.40. The number of rotatable bonds is 7. The van der Waals surface area contributed by atoms with E-state index in [9.17, 15) is 36.2 Å². The van der Waals surface area contributed by atoms with E-state index in [1.165, 1.54) is 7.05 Å². The average molecular weight is 374 g/mol. The number of benzene rings is 1. The summed E-state index contributed by atoms with van der Waals surface area (Å²) in [6.07, 6.45) is -9.82. The minimum absolute atomic E-state index is 0.0420. The third kappa shape index (κ3) is 5.41. The van der Waals surface area contributed by atoms with Crippen LogP contribution in [-0.2, 0) is 17.1 Å². The zero-order chi connectivity index (χ0) is 19.4. The molecule has 0 spiro atoms. The van der Waals surface area contributed by atoms with Gasteiger partial charge in [-0.15, -0.1) is 0 Å². The Morgan fingerprint density at radius 3 is 2.08 bits per heavy atom. The van der Waals surface area contributed by atoms with Gasteiger partial charge in [0.05, 0.1) is 23.4 Å². The number of carbonyl (C=O) groups is 1. The fraction of sp³-hybridized carbons (Fsp3) is 0.500. The smallest absolute Gasteiger partial charge is 0.420 e. The fourth-order valence-electron chi connectivity index (χ4n) is 2.03. The lowest BCUT2D eigenvalue weighted by Gasteiger charge is -2.26. The van der Waals surface area contributed by atoms with Gasteiger partial charge in [-0.3, -0.25) is 4.79 Å². The summed E-state index contributed by atoms with van der Waals surface area (Å²) in [6, 6.07) is 0.248. The fourth-order valence-corrected chi connectivity index (χ4v) is 2.03. The van der Waals surface area contributed by atoms with E-state index in [1.54, 1.807) is 0 Å². The van der Waals surface area contributed by atoms with E-state index in [-0.39, 0.29) is 32.3 Å². The molecule has 5 nitrogen and oxygen atoms in total. The van der Waals surface area contributed by atoms with Crippen molar-refractivity contribution in [3.63, 3.8) is 0 Å². The summed E-state index contributed by atoms with van der Waals surface area (Å²) in [5.74, 6) is -1.33. The van der Waals surface area contributed by atoms with Crippen LogP contribution in [0.25, 0.3) is 0 Å². The molecule has 0 aliphatic rings. The van der Waals surface area contributed by atoms with Crippen LogP contribution < -0.4 is 4.90 Å². The zero-order valence-electron chi connectivity index (χ0n) is 13.0. The Morgan fingerprint density at radius 2 is 1.64 bits per heavy atom. The Bertz CT molecular complexity index is 603. The average Bonchev–Trinajstić information content (AvgIpc) is 2.48. The molecule has 0 fully saturated rings. The number of phenolic OH excluding ortho intramolecular Hbond substituents is 1. The van der Waals surface area contributed by atoms with Crippen molar-refractivity contribution in [1.82, 2.24) is 4.90 Å². The van der Waals surface area contributed by atoms with Gasteiger partial charge in [-0.2, -0.15) is 26.3 Å². The topological polar surface area (TPSA) is 64.0 Å². The van der Waals surface area contributed by atoms with Crippen molar-refractivity contribution in [2.24, 2.45) is 0 Å². The largest absolute Gasteiger partial charge is 0.505 e. The number of aromatic hydroxyl groups is 1. The van der Waals surface area contributed by atoms with Gasteiger partial charge in [0.15, 0.2) is 5.75 Å². The molecular weight excluding hydrogens is 358 g/mol. The number of amides is 1. The van der Waals surface area contributed by atoms with Crippen LogP contribution in [0.1, 0.15) is 11.1 Å². The molecule has 1 rings (SSSR count). The van der Waals surface area contributed by atoms with Gasteiger partial charge in [0.25, 0.3) is 0 Å². The first-order chi connectivity index (χ1) is 11.4. The monoisotopic (exact) mass is 374 g/mol. The van der Waals surface area contributed by atoms with E-state index in [0.717, 1.165) is 9.80 Å². The number of alkyl halides is 6. The van der Waals surface area contributed by atoms with Crippen molar-refractivity contribution in [3.05, 3.63) is 23.3 Å². The van der Waals surface area contributed by atoms with Crippen LogP contribution in [-0.4, -0.2) is 54.8 Å². The minimum Gasteiger partial charge on any atom is -0.505 e. The van der Waals surface area contributed by atoms with E-state index in [1.807, 2.05) is 0 Å². The Labute approximate surface area is 139 Å². The summed E-state index contributed by atoms with van der Waals surface area (Å²) in [6.45, 7) is -0.627. The lowest BCUT2D eigenvalue weighted by molar-refractivity contribution is -0.143. The Morgan fingerprint density at radius 1 is 1.04 bits per heavy atom. The van der Waals surface area contributed by atoms with Gasteiger partial charge in [-0.1, -0.05) is 0 Å². The first-order valence-corrected chi connectivity index (χ1v) is 6.94. The van der Waals surface area contributed by atoms with E-state index in [4.69, 9.17) is 5.11 Å². The summed E-state index contributed by atoms with van der Waals surface area (Å²) in [7, 11) is 1.18. The Hall–Kier alpha value is -2.17. The van der Waals surface area contributed by atoms with Crippen LogP contribution in [0.2, 0.25) is 0 Å². The predicted octanol–water partition coefficient (Wildman–Crippen LogP) is 2.32. The van der Waals surface area contributed by atoms with Gasteiger partial charge < -0.3 is 20.0 Å². The number of aliphatic hydroxyl groups is 1. The molecule has 2 N–H and O–H groups in total. The van der Waals surface area contributed by atoms with E-state index in [2.05, 4.69) is 0 Å². The van der Waals surface area contributed by atoms with E-state index >= 15 is 0 Å². The molecule has 0 saturated carbocycles. The maximum Gasteiger partial charge on any atom is 0.420 e. The maximum atomic E-state index is 12.9. The third-order valence-electron chi connectivity index (χ3n) is 3.39. The molecule has 1 amide bonds. The molecule has 11 heteroatoms. The highest BCUT2D eigenvalue weighted by Crippen LogP contribution is 2.44. The highest BCUT2D eigenvalue weighted by molar-refractivity contribution is 5.64. The molecule has 142 valence electrons. The van der Waals surface area contributed by atoms with E-state index in [0.29, 0.717) is 12.5 Å². The minimum atomic E-state index is -5.17. The number of likely N-dealkylation sites (N-methyl/N-ethyl adjacent to an activating group) is 1. The Kier molecular flexibility index (Phi) is 6.52. The van der Waals surface area contributed by atoms with Crippen molar-refractivity contribution in [2.75, 3.05) is 38.2 Å². The predicted molar refractivity (Wildman–Crippen MR) is 76.1 cm³/mol. The van der Waals surface area contributed by atoms with Crippen LogP contribution in [0.3, 0.4) is 0 Å². The van der Waals surface area contributed by atoms with Gasteiger partial charge >= 0.3 is 12.4 Å². The molecule has 1 aromatic carbocycles. The van der Waals surface area contributed by atoms with Crippen LogP contribution in [0.15, 0.2) is 12.1 Å². The number of nitrogens with zero attached hydrogens (tertiary/aromatic N) is 2. The Balaban J connectivity index is 3.22. The molecular formula is C14H16F6N2O3. The van der Waals surface area contributed by atoms with Crippen LogP contribution >= 0.6 is 0 Å². The van der Waals surface area contributed by atoms with Crippen molar-refractivity contribution >= 4 is 12.1 Å². The van der Waals surface area contributed by atoms with Crippen molar-refractivity contribution in [2.45, 2.75) is 12.4 Å². The number of carbonyl (C=O) groups excluding carboxylic acids is 1. The van der Waals surface area contributed by atoms with Crippen molar-refractivity contribution in [3.8, 4) is 5.75 Å². The third-order valence-corrected chi connectivity index (χ3v) is 3.39. The molecule has 0 aliphatic carbocycles. The lowest BCUT2D eigenvalue weighted by Crippen LogP contribution is -2.34. The molecule has 0 heterocycles. The number of hydrogen-bond acceptors (Lipinski definition) is 4. The van der Waals surface area contributed by atoms with Crippen LogP contribution in [0, 0.1) is 0 Å². The molecule has 0 unspecified atom stereocenters. The molecule has 0 saturated heterocycles. The molecule has 0 atom stereocenters. The second-order valence-corrected chi connectivity index (χ2v) is 5.17.